The Hall–Kier alpha value is -1.80. The normalized spacial score (nSPS) is 12.5. The highest BCUT2D eigenvalue weighted by Crippen LogP contribution is 2.21. The average molecular weight is 335 g/mol. The van der Waals surface area contributed by atoms with Gasteiger partial charge in [-0.2, -0.15) is 0 Å². The molecule has 0 radical (unpaired) electrons. The molecule has 0 heterocycles. The Morgan fingerprint density at radius 1 is 1.38 bits per heavy atom. The monoisotopic (exact) mass is 334 g/mol. The molecule has 21 heavy (non-hydrogen) atoms. The summed E-state index contributed by atoms with van der Waals surface area (Å²) in [6, 6.07) is 2.62. The molecule has 7 nitrogen and oxygen atoms in total. The lowest BCUT2D eigenvalue weighted by Crippen LogP contribution is -2.40. The maximum atomic E-state index is 11.7. The van der Waals surface area contributed by atoms with Crippen molar-refractivity contribution in [3.05, 3.63) is 28.8 Å². The number of hydrogen-bond donors (Lipinski definition) is 3. The molecule has 1 aromatic carbocycles. The van der Waals surface area contributed by atoms with Crippen LogP contribution < -0.4 is 10.6 Å². The number of rotatable bonds is 5. The molecule has 0 bridgehead atoms. The SMILES string of the molecule is CC(CS(C)(=O)=O)NC(=O)Nc1cc(Cl)ccc1C(=O)O. The number of urea groups is 1. The number of sulfone groups is 1. The van der Waals surface area contributed by atoms with Crippen LogP contribution in [0, 0.1) is 0 Å². The number of nitrogens with one attached hydrogen (secondary N) is 2. The van der Waals surface area contributed by atoms with Crippen LogP contribution >= 0.6 is 11.6 Å². The zero-order chi connectivity index (χ0) is 16.2. The fourth-order valence-corrected chi connectivity index (χ4v) is 2.85. The average Bonchev–Trinajstić information content (AvgIpc) is 2.24. The van der Waals surface area contributed by atoms with E-state index in [2.05, 4.69) is 10.6 Å². The van der Waals surface area contributed by atoms with E-state index in [-0.39, 0.29) is 22.0 Å². The lowest BCUT2D eigenvalue weighted by molar-refractivity contribution is 0.0698. The number of carbonyl (C=O) groups is 2. The number of benzene rings is 1. The van der Waals surface area contributed by atoms with Gasteiger partial charge in [-0.15, -0.1) is 0 Å². The van der Waals surface area contributed by atoms with E-state index >= 15 is 0 Å². The van der Waals surface area contributed by atoms with Crippen LogP contribution in [0.4, 0.5) is 10.5 Å². The summed E-state index contributed by atoms with van der Waals surface area (Å²) < 4.78 is 22.2. The Labute approximate surface area is 127 Å². The predicted octanol–water partition coefficient (Wildman–Crippen LogP) is 1.59. The van der Waals surface area contributed by atoms with E-state index in [4.69, 9.17) is 16.7 Å². The molecule has 0 fully saturated rings. The van der Waals surface area contributed by atoms with Crippen molar-refractivity contribution in [1.29, 1.82) is 0 Å². The summed E-state index contributed by atoms with van der Waals surface area (Å²) in [6.45, 7) is 1.52. The Kier molecular flexibility index (Phi) is 5.56. The highest BCUT2D eigenvalue weighted by molar-refractivity contribution is 7.90. The minimum Gasteiger partial charge on any atom is -0.478 e. The molecule has 0 saturated heterocycles. The molecular weight excluding hydrogens is 320 g/mol. The minimum atomic E-state index is -3.23. The second-order valence-electron chi connectivity index (χ2n) is 4.59. The number of hydrogen-bond acceptors (Lipinski definition) is 4. The standard InChI is InChI=1S/C12H15ClN2O5S/c1-7(6-21(2,19)20)14-12(18)15-10-5-8(13)3-4-9(10)11(16)17/h3-5,7H,6H2,1-2H3,(H,16,17)(H2,14,15,18). The number of carboxylic acids is 1. The summed E-state index contributed by atoms with van der Waals surface area (Å²) in [6.07, 6.45) is 1.06. The van der Waals surface area contributed by atoms with Gasteiger partial charge in [0.25, 0.3) is 0 Å². The van der Waals surface area contributed by atoms with Crippen LogP contribution in [0.25, 0.3) is 0 Å². The van der Waals surface area contributed by atoms with Crippen LogP contribution in [0.15, 0.2) is 18.2 Å². The Morgan fingerprint density at radius 2 is 2.00 bits per heavy atom. The number of anilines is 1. The van der Waals surface area contributed by atoms with Gasteiger partial charge in [-0.3, -0.25) is 0 Å². The third-order valence-corrected chi connectivity index (χ3v) is 3.73. The van der Waals surface area contributed by atoms with E-state index in [0.29, 0.717) is 0 Å². The maximum absolute atomic E-state index is 11.7. The fraction of sp³-hybridized carbons (Fsp3) is 0.333. The Morgan fingerprint density at radius 3 is 2.52 bits per heavy atom. The summed E-state index contributed by atoms with van der Waals surface area (Å²) >= 11 is 5.75. The van der Waals surface area contributed by atoms with E-state index in [1.807, 2.05) is 0 Å². The van der Waals surface area contributed by atoms with E-state index in [9.17, 15) is 18.0 Å². The predicted molar refractivity (Wildman–Crippen MR) is 79.7 cm³/mol. The van der Waals surface area contributed by atoms with Crippen LogP contribution in [-0.4, -0.2) is 43.6 Å². The number of carboxylic acid groups (broad SMARTS) is 1. The molecule has 1 rings (SSSR count). The van der Waals surface area contributed by atoms with Gasteiger partial charge in [0.15, 0.2) is 0 Å². The summed E-state index contributed by atoms with van der Waals surface area (Å²) in [5, 5.41) is 14.0. The van der Waals surface area contributed by atoms with Gasteiger partial charge in [0.1, 0.15) is 9.84 Å². The first-order valence-electron chi connectivity index (χ1n) is 5.86. The zero-order valence-corrected chi connectivity index (χ0v) is 13.0. The molecule has 3 N–H and O–H groups in total. The Bertz CT molecular complexity index is 660. The van der Waals surface area contributed by atoms with Crippen molar-refractivity contribution in [2.45, 2.75) is 13.0 Å². The van der Waals surface area contributed by atoms with Crippen LogP contribution in [-0.2, 0) is 9.84 Å². The molecule has 0 aliphatic heterocycles. The molecule has 116 valence electrons. The molecule has 0 spiro atoms. The maximum Gasteiger partial charge on any atom is 0.337 e. The van der Waals surface area contributed by atoms with E-state index in [1.165, 1.54) is 25.1 Å². The number of aromatic carboxylic acids is 1. The molecule has 0 aliphatic carbocycles. The molecule has 0 saturated carbocycles. The lowest BCUT2D eigenvalue weighted by Gasteiger charge is -2.14. The summed E-state index contributed by atoms with van der Waals surface area (Å²) in [4.78, 5) is 22.8. The van der Waals surface area contributed by atoms with Crippen LogP contribution in [0.5, 0.6) is 0 Å². The molecule has 1 aromatic rings. The van der Waals surface area contributed by atoms with Crippen LogP contribution in [0.2, 0.25) is 5.02 Å². The van der Waals surface area contributed by atoms with Crippen molar-refractivity contribution in [2.24, 2.45) is 0 Å². The van der Waals surface area contributed by atoms with E-state index < -0.39 is 27.9 Å². The van der Waals surface area contributed by atoms with Gasteiger partial charge in [0.2, 0.25) is 0 Å². The fourth-order valence-electron chi connectivity index (χ4n) is 1.68. The first kappa shape index (κ1) is 17.3. The second kappa shape index (κ2) is 6.77. The molecule has 1 atom stereocenters. The van der Waals surface area contributed by atoms with Crippen molar-refractivity contribution >= 4 is 39.1 Å². The molecular formula is C12H15ClN2O5S. The van der Waals surface area contributed by atoms with Crippen LogP contribution in [0.1, 0.15) is 17.3 Å². The second-order valence-corrected chi connectivity index (χ2v) is 7.21. The van der Waals surface area contributed by atoms with Crippen molar-refractivity contribution in [3.63, 3.8) is 0 Å². The summed E-state index contributed by atoms with van der Waals surface area (Å²) in [5.74, 6) is -1.44. The van der Waals surface area contributed by atoms with Gasteiger partial charge in [-0.1, -0.05) is 11.6 Å². The third kappa shape index (κ3) is 6.01. The molecule has 9 heteroatoms. The van der Waals surface area contributed by atoms with Gasteiger partial charge in [-0.25, -0.2) is 18.0 Å². The smallest absolute Gasteiger partial charge is 0.337 e. The summed E-state index contributed by atoms with van der Waals surface area (Å²) in [5.41, 5.74) is -0.0932. The first-order chi connectivity index (χ1) is 9.58. The quantitative estimate of drug-likeness (QED) is 0.757. The van der Waals surface area contributed by atoms with E-state index in [0.717, 1.165) is 6.26 Å². The van der Waals surface area contributed by atoms with Gasteiger partial charge < -0.3 is 15.7 Å². The van der Waals surface area contributed by atoms with Gasteiger partial charge in [0.05, 0.1) is 17.0 Å². The topological polar surface area (TPSA) is 113 Å². The molecule has 0 aliphatic rings. The zero-order valence-electron chi connectivity index (χ0n) is 11.4. The Balaban J connectivity index is 2.79. The first-order valence-corrected chi connectivity index (χ1v) is 8.30. The lowest BCUT2D eigenvalue weighted by atomic mass is 10.2. The number of carbonyl (C=O) groups excluding carboxylic acids is 1. The molecule has 2 amide bonds. The van der Waals surface area contributed by atoms with Crippen molar-refractivity contribution < 1.29 is 23.1 Å². The summed E-state index contributed by atoms with van der Waals surface area (Å²) in [7, 11) is -3.23. The van der Waals surface area contributed by atoms with E-state index in [1.54, 1.807) is 0 Å². The highest BCUT2D eigenvalue weighted by atomic mass is 35.5. The van der Waals surface area contributed by atoms with Gasteiger partial charge in [-0.05, 0) is 25.1 Å². The molecule has 0 aromatic heterocycles. The number of halogens is 1. The minimum absolute atomic E-state index is 0.0269. The number of amides is 2. The highest BCUT2D eigenvalue weighted by Gasteiger charge is 2.16. The third-order valence-electron chi connectivity index (χ3n) is 2.39. The van der Waals surface area contributed by atoms with Gasteiger partial charge in [0, 0.05) is 17.3 Å². The van der Waals surface area contributed by atoms with Crippen molar-refractivity contribution in [3.8, 4) is 0 Å². The largest absolute Gasteiger partial charge is 0.478 e. The van der Waals surface area contributed by atoms with Crippen molar-refractivity contribution in [1.82, 2.24) is 5.32 Å². The molecule has 1 unspecified atom stereocenters. The van der Waals surface area contributed by atoms with Crippen LogP contribution in [0.3, 0.4) is 0 Å². The van der Waals surface area contributed by atoms with Gasteiger partial charge >= 0.3 is 12.0 Å². The van der Waals surface area contributed by atoms with Crippen molar-refractivity contribution in [2.75, 3.05) is 17.3 Å².